The van der Waals surface area contributed by atoms with Crippen molar-refractivity contribution in [1.82, 2.24) is 15.0 Å². The van der Waals surface area contributed by atoms with Crippen molar-refractivity contribution < 1.29 is 9.47 Å². The number of aromatic nitrogens is 3. The smallest absolute Gasteiger partial charge is 0.176 e. The predicted octanol–water partition coefficient (Wildman–Crippen LogP) is 1.53. The van der Waals surface area contributed by atoms with Crippen LogP contribution in [0.25, 0.3) is 0 Å². The Morgan fingerprint density at radius 3 is 2.55 bits per heavy atom. The molecule has 1 aromatic carbocycles. The summed E-state index contributed by atoms with van der Waals surface area (Å²) in [6.07, 6.45) is 1.57. The summed E-state index contributed by atoms with van der Waals surface area (Å²) in [5, 5.41) is 8.24. The van der Waals surface area contributed by atoms with Gasteiger partial charge in [-0.3, -0.25) is 0 Å². The molecule has 0 aliphatic rings. The first-order chi connectivity index (χ1) is 9.72. The molecule has 0 aliphatic carbocycles. The van der Waals surface area contributed by atoms with Gasteiger partial charge in [-0.1, -0.05) is 35.5 Å². The third kappa shape index (κ3) is 3.79. The fourth-order valence-corrected chi connectivity index (χ4v) is 1.89. The molecule has 0 bridgehead atoms. The Hall–Kier alpha value is -1.92. The minimum absolute atomic E-state index is 0.316. The molecule has 1 heterocycles. The third-order valence-corrected chi connectivity index (χ3v) is 3.04. The standard InChI is InChI=1S/C14H20N4O2/c1-17(9-12-7-5-4-6-8-12)13-10-18(16-15-13)11-14(19-2)20-3/h4-8,10,14H,9,11H2,1-3H3. The van der Waals surface area contributed by atoms with E-state index in [-0.39, 0.29) is 6.29 Å². The zero-order valence-corrected chi connectivity index (χ0v) is 12.1. The molecule has 0 radical (unpaired) electrons. The molecule has 0 N–H and O–H groups in total. The molecule has 0 atom stereocenters. The predicted molar refractivity (Wildman–Crippen MR) is 76.4 cm³/mol. The molecule has 0 fully saturated rings. The van der Waals surface area contributed by atoms with Crippen molar-refractivity contribution in [3.8, 4) is 0 Å². The fourth-order valence-electron chi connectivity index (χ4n) is 1.89. The van der Waals surface area contributed by atoms with E-state index in [1.165, 1.54) is 5.56 Å². The number of rotatable bonds is 7. The monoisotopic (exact) mass is 276 g/mol. The highest BCUT2D eigenvalue weighted by Crippen LogP contribution is 2.11. The van der Waals surface area contributed by atoms with Crippen LogP contribution < -0.4 is 4.90 Å². The van der Waals surface area contributed by atoms with Crippen molar-refractivity contribution in [2.45, 2.75) is 19.4 Å². The molecule has 6 nitrogen and oxygen atoms in total. The summed E-state index contributed by atoms with van der Waals surface area (Å²) >= 11 is 0. The van der Waals surface area contributed by atoms with Crippen LogP contribution in [0, 0.1) is 0 Å². The van der Waals surface area contributed by atoms with E-state index in [9.17, 15) is 0 Å². The van der Waals surface area contributed by atoms with Crippen LogP contribution in [0.1, 0.15) is 5.56 Å². The second-order valence-electron chi connectivity index (χ2n) is 4.54. The first-order valence-corrected chi connectivity index (χ1v) is 6.43. The Kier molecular flexibility index (Phi) is 5.09. The summed E-state index contributed by atoms with van der Waals surface area (Å²) in [4.78, 5) is 2.05. The Balaban J connectivity index is 1.97. The lowest BCUT2D eigenvalue weighted by atomic mass is 10.2. The zero-order chi connectivity index (χ0) is 14.4. The molecular formula is C14H20N4O2. The Morgan fingerprint density at radius 1 is 1.20 bits per heavy atom. The molecular weight excluding hydrogens is 256 g/mol. The van der Waals surface area contributed by atoms with Crippen molar-refractivity contribution in [2.24, 2.45) is 0 Å². The lowest BCUT2D eigenvalue weighted by Gasteiger charge is -2.15. The summed E-state index contributed by atoms with van der Waals surface area (Å²) < 4.78 is 12.0. The van der Waals surface area contributed by atoms with Gasteiger partial charge in [-0.05, 0) is 5.56 Å². The highest BCUT2D eigenvalue weighted by Gasteiger charge is 2.11. The van der Waals surface area contributed by atoms with Crippen LogP contribution in [0.3, 0.4) is 0 Å². The van der Waals surface area contributed by atoms with Crippen LogP contribution in [-0.2, 0) is 22.6 Å². The van der Waals surface area contributed by atoms with Crippen LogP contribution in [0.5, 0.6) is 0 Å². The average Bonchev–Trinajstić information content (AvgIpc) is 2.94. The molecule has 6 heteroatoms. The fraction of sp³-hybridized carbons (Fsp3) is 0.429. The number of hydrogen-bond acceptors (Lipinski definition) is 5. The Bertz CT molecular complexity index is 511. The van der Waals surface area contributed by atoms with E-state index in [2.05, 4.69) is 22.4 Å². The average molecular weight is 276 g/mol. The molecule has 0 spiro atoms. The molecule has 0 amide bonds. The summed E-state index contributed by atoms with van der Waals surface area (Å²) in [5.74, 6) is 0.819. The van der Waals surface area contributed by atoms with E-state index in [1.807, 2.05) is 36.3 Å². The minimum Gasteiger partial charge on any atom is -0.354 e. The highest BCUT2D eigenvalue weighted by molar-refractivity contribution is 5.35. The molecule has 2 rings (SSSR count). The van der Waals surface area contributed by atoms with Gasteiger partial charge >= 0.3 is 0 Å². The van der Waals surface area contributed by atoms with Crippen molar-refractivity contribution in [2.75, 3.05) is 26.2 Å². The van der Waals surface area contributed by atoms with Gasteiger partial charge < -0.3 is 14.4 Å². The maximum atomic E-state index is 5.14. The first kappa shape index (κ1) is 14.5. The summed E-state index contributed by atoms with van der Waals surface area (Å²) in [7, 11) is 5.20. The number of ether oxygens (including phenoxy) is 2. The van der Waals surface area contributed by atoms with Gasteiger partial charge in [0, 0.05) is 27.8 Å². The largest absolute Gasteiger partial charge is 0.354 e. The van der Waals surface area contributed by atoms with Crippen molar-refractivity contribution in [3.05, 3.63) is 42.1 Å². The second kappa shape index (κ2) is 7.02. The van der Waals surface area contributed by atoms with E-state index in [0.717, 1.165) is 12.4 Å². The second-order valence-corrected chi connectivity index (χ2v) is 4.54. The van der Waals surface area contributed by atoms with Crippen LogP contribution in [-0.4, -0.2) is 42.6 Å². The maximum absolute atomic E-state index is 5.14. The van der Waals surface area contributed by atoms with Crippen molar-refractivity contribution >= 4 is 5.82 Å². The van der Waals surface area contributed by atoms with Gasteiger partial charge in [0.1, 0.15) is 0 Å². The molecule has 0 aliphatic heterocycles. The van der Waals surface area contributed by atoms with Crippen molar-refractivity contribution in [1.29, 1.82) is 0 Å². The van der Waals surface area contributed by atoms with E-state index in [0.29, 0.717) is 6.54 Å². The highest BCUT2D eigenvalue weighted by atomic mass is 16.7. The molecule has 0 saturated heterocycles. The number of hydrogen-bond donors (Lipinski definition) is 0. The van der Waals surface area contributed by atoms with Crippen LogP contribution >= 0.6 is 0 Å². The number of benzene rings is 1. The SMILES string of the molecule is COC(Cn1cc(N(C)Cc2ccccc2)nn1)OC. The molecule has 108 valence electrons. The minimum atomic E-state index is -0.316. The molecule has 0 unspecified atom stereocenters. The molecule has 0 saturated carbocycles. The molecule has 2 aromatic rings. The number of nitrogens with zero attached hydrogens (tertiary/aromatic N) is 4. The van der Waals surface area contributed by atoms with Crippen molar-refractivity contribution in [3.63, 3.8) is 0 Å². The van der Waals surface area contributed by atoms with E-state index < -0.39 is 0 Å². The van der Waals surface area contributed by atoms with E-state index >= 15 is 0 Å². The lowest BCUT2D eigenvalue weighted by molar-refractivity contribution is -0.112. The van der Waals surface area contributed by atoms with E-state index in [1.54, 1.807) is 18.9 Å². The van der Waals surface area contributed by atoms with Gasteiger partial charge in [0.2, 0.25) is 0 Å². The number of methoxy groups -OCH3 is 2. The third-order valence-electron chi connectivity index (χ3n) is 3.04. The van der Waals surface area contributed by atoms with Crippen LogP contribution in [0.2, 0.25) is 0 Å². The quantitative estimate of drug-likeness (QED) is 0.718. The normalized spacial score (nSPS) is 11.0. The first-order valence-electron chi connectivity index (χ1n) is 6.43. The van der Waals surface area contributed by atoms with Crippen LogP contribution in [0.4, 0.5) is 5.82 Å². The zero-order valence-electron chi connectivity index (χ0n) is 12.1. The number of anilines is 1. The lowest BCUT2D eigenvalue weighted by Crippen LogP contribution is -2.21. The van der Waals surface area contributed by atoms with Gasteiger partial charge in [-0.25, -0.2) is 4.68 Å². The Morgan fingerprint density at radius 2 is 1.90 bits per heavy atom. The van der Waals surface area contributed by atoms with Gasteiger partial charge in [-0.2, -0.15) is 0 Å². The van der Waals surface area contributed by atoms with Gasteiger partial charge in [0.15, 0.2) is 12.1 Å². The van der Waals surface area contributed by atoms with Crippen LogP contribution in [0.15, 0.2) is 36.5 Å². The maximum Gasteiger partial charge on any atom is 0.176 e. The molecule has 20 heavy (non-hydrogen) atoms. The molecule has 1 aromatic heterocycles. The van der Waals surface area contributed by atoms with E-state index in [4.69, 9.17) is 9.47 Å². The summed E-state index contributed by atoms with van der Waals surface area (Å²) in [5.41, 5.74) is 1.23. The van der Waals surface area contributed by atoms with Gasteiger partial charge in [-0.15, -0.1) is 5.10 Å². The summed E-state index contributed by atoms with van der Waals surface area (Å²) in [6, 6.07) is 10.2. The Labute approximate surface area is 118 Å². The van der Waals surface area contributed by atoms with Gasteiger partial charge in [0.05, 0.1) is 12.7 Å². The van der Waals surface area contributed by atoms with Gasteiger partial charge in [0.25, 0.3) is 0 Å². The summed E-state index contributed by atoms with van der Waals surface area (Å²) in [6.45, 7) is 1.30. The topological polar surface area (TPSA) is 52.4 Å².